The summed E-state index contributed by atoms with van der Waals surface area (Å²) in [5.74, 6) is 0.641. The first-order valence-electron chi connectivity index (χ1n) is 7.71. The Morgan fingerprint density at radius 2 is 1.79 bits per heavy atom. The van der Waals surface area contributed by atoms with Crippen LogP contribution in [0.1, 0.15) is 25.0 Å². The first-order valence-corrected chi connectivity index (χ1v) is 7.71. The van der Waals surface area contributed by atoms with Crippen LogP contribution in [0.3, 0.4) is 0 Å². The molecule has 1 N–H and O–H groups in total. The number of para-hydroxylation sites is 1. The Morgan fingerprint density at radius 1 is 1.08 bits per heavy atom. The second kappa shape index (κ2) is 6.97. The molecule has 0 aliphatic carbocycles. The van der Waals surface area contributed by atoms with E-state index in [2.05, 4.69) is 61.9 Å². The van der Waals surface area contributed by atoms with Gasteiger partial charge in [0, 0.05) is 17.7 Å². The molecule has 3 nitrogen and oxygen atoms in total. The third-order valence-electron chi connectivity index (χ3n) is 4.58. The Bertz CT molecular complexity index is 822. The number of phenols is 1. The predicted molar refractivity (Wildman–Crippen MR) is 94.0 cm³/mol. The number of aromatic hydroxyl groups is 1. The molecule has 0 bridgehead atoms. The van der Waals surface area contributed by atoms with Crippen LogP contribution < -0.4 is 28.7 Å². The molecule has 0 amide bonds. The minimum atomic E-state index is -0.0388. The number of fused-ring (bicyclic) bond motifs is 1. The topological polar surface area (TPSA) is 32.5 Å². The maximum atomic E-state index is 9.70. The number of allylic oxidation sites excluding steroid dienone is 1. The normalized spacial score (nSPS) is 15.3. The van der Waals surface area contributed by atoms with E-state index in [0.29, 0.717) is 5.75 Å². The summed E-state index contributed by atoms with van der Waals surface area (Å²) >= 11 is 0. The molecule has 0 radical (unpaired) electrons. The third-order valence-corrected chi connectivity index (χ3v) is 4.58. The Hall–Kier alpha value is -1.82. The van der Waals surface area contributed by atoms with Crippen LogP contribution in [0.15, 0.2) is 48.5 Å². The molecule has 24 heavy (non-hydrogen) atoms. The van der Waals surface area contributed by atoms with E-state index in [1.54, 1.807) is 13.2 Å². The number of nitrogens with zero attached hydrogens (tertiary/aromatic N) is 1. The molecule has 126 valence electrons. The van der Waals surface area contributed by atoms with Crippen molar-refractivity contribution in [2.45, 2.75) is 19.3 Å². The van der Waals surface area contributed by atoms with Gasteiger partial charge in [-0.15, -0.1) is 0 Å². The summed E-state index contributed by atoms with van der Waals surface area (Å²) in [6.45, 7) is 4.48. The van der Waals surface area contributed by atoms with Crippen molar-refractivity contribution >= 4 is 17.5 Å². The van der Waals surface area contributed by atoms with Crippen molar-refractivity contribution in [3.05, 3.63) is 59.7 Å². The van der Waals surface area contributed by atoms with E-state index in [1.165, 1.54) is 17.0 Å². The second-order valence-corrected chi connectivity index (χ2v) is 6.35. The van der Waals surface area contributed by atoms with Gasteiger partial charge in [0.15, 0.2) is 17.2 Å². The zero-order valence-corrected chi connectivity index (χ0v) is 16.5. The highest BCUT2D eigenvalue weighted by molar-refractivity contribution is 6.05. The highest BCUT2D eigenvalue weighted by Crippen LogP contribution is 2.39. The van der Waals surface area contributed by atoms with Crippen LogP contribution in [0.4, 0.5) is 5.69 Å². The molecule has 0 fully saturated rings. The minimum Gasteiger partial charge on any atom is -1.00 e. The molecule has 0 saturated heterocycles. The van der Waals surface area contributed by atoms with Gasteiger partial charge in [-0.1, -0.05) is 24.3 Å². The van der Waals surface area contributed by atoms with Crippen molar-refractivity contribution in [2.75, 3.05) is 14.2 Å². The molecule has 1 aliphatic heterocycles. The van der Waals surface area contributed by atoms with E-state index in [-0.39, 0.29) is 35.1 Å². The largest absolute Gasteiger partial charge is 1.00 e. The van der Waals surface area contributed by atoms with Gasteiger partial charge in [0.2, 0.25) is 5.69 Å². The van der Waals surface area contributed by atoms with Crippen LogP contribution in [-0.2, 0) is 5.41 Å². The summed E-state index contributed by atoms with van der Waals surface area (Å²) in [6.07, 6.45) is 4.20. The molecule has 2 aromatic carbocycles. The van der Waals surface area contributed by atoms with Crippen LogP contribution >= 0.6 is 0 Å². The van der Waals surface area contributed by atoms with Crippen molar-refractivity contribution in [3.8, 4) is 11.5 Å². The van der Waals surface area contributed by atoms with Gasteiger partial charge in [-0.05, 0) is 37.6 Å². The fraction of sp³-hybridized carbons (Fsp3) is 0.250. The van der Waals surface area contributed by atoms with Gasteiger partial charge < -0.3 is 33.8 Å². The van der Waals surface area contributed by atoms with Crippen LogP contribution in [-0.4, -0.2) is 29.6 Å². The van der Waals surface area contributed by atoms with Crippen LogP contribution in [0.5, 0.6) is 11.5 Å². The highest BCUT2D eigenvalue weighted by atomic mass is 127. The number of phenolic OH excluding ortho intramolecular Hbond substituents is 1. The number of rotatable bonds is 3. The summed E-state index contributed by atoms with van der Waals surface area (Å²) in [5, 5.41) is 9.70. The summed E-state index contributed by atoms with van der Waals surface area (Å²) in [5.41, 5.74) is 4.78. The third kappa shape index (κ3) is 3.07. The predicted octanol–water partition coefficient (Wildman–Crippen LogP) is 1.12. The standard InChI is InChI=1S/C20H21NO2.HI/c1-20(2)15-7-5-6-8-16(15)21(3)19(20)12-10-14-9-11-17(22)18(13-14)23-4;/h5-13H,1-4H3;1H. The van der Waals surface area contributed by atoms with Gasteiger partial charge >= 0.3 is 0 Å². The second-order valence-electron chi connectivity index (χ2n) is 6.35. The molecule has 4 heteroatoms. The molecule has 0 spiro atoms. The Morgan fingerprint density at radius 3 is 2.46 bits per heavy atom. The molecular weight excluding hydrogens is 413 g/mol. The molecule has 0 aromatic heterocycles. The van der Waals surface area contributed by atoms with Crippen molar-refractivity contribution in [1.29, 1.82) is 0 Å². The fourth-order valence-corrected chi connectivity index (χ4v) is 3.27. The molecule has 0 atom stereocenters. The van der Waals surface area contributed by atoms with Crippen molar-refractivity contribution in [1.82, 2.24) is 0 Å². The van der Waals surface area contributed by atoms with Crippen molar-refractivity contribution in [2.24, 2.45) is 0 Å². The molecule has 3 rings (SSSR count). The maximum absolute atomic E-state index is 9.70. The van der Waals surface area contributed by atoms with Crippen molar-refractivity contribution in [3.63, 3.8) is 0 Å². The molecule has 2 aromatic rings. The lowest BCUT2D eigenvalue weighted by molar-refractivity contribution is -0.401. The SMILES string of the molecule is COc1cc(/C=C/C2=[N+](C)c3ccccc3C2(C)C)ccc1O.[I-]. The maximum Gasteiger partial charge on any atom is 0.209 e. The number of halogens is 1. The zero-order valence-electron chi connectivity index (χ0n) is 14.4. The molecular formula is C20H22INO2. The van der Waals surface area contributed by atoms with Crippen LogP contribution in [0, 0.1) is 0 Å². The smallest absolute Gasteiger partial charge is 0.209 e. The Labute approximate surface area is 160 Å². The number of methoxy groups -OCH3 is 1. The van der Waals surface area contributed by atoms with E-state index < -0.39 is 0 Å². The summed E-state index contributed by atoms with van der Waals surface area (Å²) in [6, 6.07) is 13.9. The summed E-state index contributed by atoms with van der Waals surface area (Å²) in [7, 11) is 3.66. The summed E-state index contributed by atoms with van der Waals surface area (Å²) in [4.78, 5) is 0. The first-order chi connectivity index (χ1) is 10.9. The Balaban J connectivity index is 0.00000208. The van der Waals surface area contributed by atoms with Gasteiger partial charge in [0.25, 0.3) is 0 Å². The van der Waals surface area contributed by atoms with E-state index >= 15 is 0 Å². The monoisotopic (exact) mass is 435 g/mol. The number of benzene rings is 2. The highest BCUT2D eigenvalue weighted by Gasteiger charge is 2.42. The average molecular weight is 435 g/mol. The van der Waals surface area contributed by atoms with Gasteiger partial charge in [-0.2, -0.15) is 4.58 Å². The number of ether oxygens (including phenoxy) is 1. The molecule has 1 heterocycles. The van der Waals surface area contributed by atoms with Gasteiger partial charge in [0.05, 0.1) is 12.5 Å². The lowest BCUT2D eigenvalue weighted by Gasteiger charge is -2.15. The molecule has 0 unspecified atom stereocenters. The number of hydrogen-bond donors (Lipinski definition) is 1. The van der Waals surface area contributed by atoms with E-state index in [1.807, 2.05) is 12.1 Å². The molecule has 1 aliphatic rings. The quantitative estimate of drug-likeness (QED) is 0.579. The summed E-state index contributed by atoms with van der Waals surface area (Å²) < 4.78 is 7.41. The van der Waals surface area contributed by atoms with E-state index in [9.17, 15) is 5.11 Å². The lowest BCUT2D eigenvalue weighted by atomic mass is 9.81. The minimum absolute atomic E-state index is 0. The average Bonchev–Trinajstić information content (AvgIpc) is 2.74. The van der Waals surface area contributed by atoms with E-state index in [0.717, 1.165) is 5.56 Å². The van der Waals surface area contributed by atoms with E-state index in [4.69, 9.17) is 4.74 Å². The first kappa shape index (κ1) is 18.5. The van der Waals surface area contributed by atoms with Gasteiger partial charge in [-0.3, -0.25) is 0 Å². The lowest BCUT2D eigenvalue weighted by Crippen LogP contribution is -3.00. The van der Waals surface area contributed by atoms with Crippen LogP contribution in [0.2, 0.25) is 0 Å². The zero-order chi connectivity index (χ0) is 16.6. The van der Waals surface area contributed by atoms with Gasteiger partial charge in [0.1, 0.15) is 7.05 Å². The molecule has 0 saturated carbocycles. The van der Waals surface area contributed by atoms with Gasteiger partial charge in [-0.25, -0.2) is 0 Å². The van der Waals surface area contributed by atoms with Crippen LogP contribution in [0.25, 0.3) is 6.08 Å². The van der Waals surface area contributed by atoms with Crippen molar-refractivity contribution < 1.29 is 38.4 Å². The fourth-order valence-electron chi connectivity index (χ4n) is 3.27. The number of hydrogen-bond acceptors (Lipinski definition) is 2. The Kier molecular flexibility index (Phi) is 5.38.